The van der Waals surface area contributed by atoms with E-state index in [1.54, 1.807) is 11.7 Å². The van der Waals surface area contributed by atoms with Crippen LogP contribution in [-0.4, -0.2) is 32.6 Å². The second-order valence-corrected chi connectivity index (χ2v) is 8.03. The largest absolute Gasteiger partial charge is 0.350 e. The molecule has 0 saturated carbocycles. The van der Waals surface area contributed by atoms with Gasteiger partial charge < -0.3 is 10.2 Å². The monoisotopic (exact) mass is 394 g/mol. The van der Waals surface area contributed by atoms with Crippen LogP contribution in [0.5, 0.6) is 0 Å². The maximum Gasteiger partial charge on any atom is 0.272 e. The predicted molar refractivity (Wildman–Crippen MR) is 109 cm³/mol. The first kappa shape index (κ1) is 18.5. The number of amides is 1. The Bertz CT molecular complexity index is 1020. The van der Waals surface area contributed by atoms with Gasteiger partial charge in [0.1, 0.15) is 0 Å². The zero-order valence-electron chi connectivity index (χ0n) is 16.2. The van der Waals surface area contributed by atoms with Crippen LogP contribution < -0.4 is 10.2 Å². The fraction of sp³-hybridized carbons (Fsp3) is 0.350. The van der Waals surface area contributed by atoms with Gasteiger partial charge in [-0.1, -0.05) is 6.07 Å². The number of thiazole rings is 1. The molecule has 0 radical (unpaired) electrons. The van der Waals surface area contributed by atoms with Crippen molar-refractivity contribution < 1.29 is 4.79 Å². The molecule has 0 fully saturated rings. The molecule has 28 heavy (non-hydrogen) atoms. The summed E-state index contributed by atoms with van der Waals surface area (Å²) in [7, 11) is 0. The summed E-state index contributed by atoms with van der Waals surface area (Å²) in [6.45, 7) is 8.04. The molecule has 0 atom stereocenters. The number of pyridine rings is 1. The summed E-state index contributed by atoms with van der Waals surface area (Å²) in [5.41, 5.74) is 7.52. The number of hydrogen-bond acceptors (Lipinski definition) is 7. The van der Waals surface area contributed by atoms with Crippen molar-refractivity contribution in [3.05, 3.63) is 62.5 Å². The Labute approximate surface area is 167 Å². The zero-order chi connectivity index (χ0) is 19.7. The minimum Gasteiger partial charge on any atom is -0.350 e. The molecule has 4 rings (SSSR count). The van der Waals surface area contributed by atoms with E-state index in [0.717, 1.165) is 52.6 Å². The molecule has 1 aliphatic heterocycles. The molecule has 144 valence electrons. The van der Waals surface area contributed by atoms with E-state index in [-0.39, 0.29) is 5.91 Å². The number of nitrogens with zero attached hydrogens (tertiary/aromatic N) is 5. The van der Waals surface area contributed by atoms with Crippen LogP contribution in [0.1, 0.15) is 43.3 Å². The molecular formula is C20H22N6OS. The van der Waals surface area contributed by atoms with Crippen molar-refractivity contribution in [1.29, 1.82) is 0 Å². The van der Waals surface area contributed by atoms with Crippen LogP contribution in [0.15, 0.2) is 24.0 Å². The summed E-state index contributed by atoms with van der Waals surface area (Å²) in [6.07, 6.45) is 4.55. The van der Waals surface area contributed by atoms with Crippen LogP contribution in [0, 0.1) is 20.8 Å². The number of aryl methyl sites for hydroxylation is 1. The van der Waals surface area contributed by atoms with Crippen LogP contribution in [0.25, 0.3) is 0 Å². The van der Waals surface area contributed by atoms with Crippen molar-refractivity contribution in [3.63, 3.8) is 0 Å². The quantitative estimate of drug-likeness (QED) is 0.733. The first-order chi connectivity index (χ1) is 13.5. The fourth-order valence-corrected chi connectivity index (χ4v) is 3.95. The molecule has 4 heterocycles. The molecule has 1 aliphatic rings. The van der Waals surface area contributed by atoms with Crippen molar-refractivity contribution in [3.8, 4) is 0 Å². The lowest BCUT2D eigenvalue weighted by molar-refractivity contribution is 0.0944. The number of nitrogens with one attached hydrogen (secondary N) is 1. The molecule has 3 aromatic rings. The Morgan fingerprint density at radius 2 is 2.07 bits per heavy atom. The summed E-state index contributed by atoms with van der Waals surface area (Å²) in [4.78, 5) is 24.3. The van der Waals surface area contributed by atoms with E-state index < -0.39 is 0 Å². The van der Waals surface area contributed by atoms with Gasteiger partial charge in [0.15, 0.2) is 11.5 Å². The highest BCUT2D eigenvalue weighted by Crippen LogP contribution is 2.27. The Balaban J connectivity index is 1.53. The second-order valence-electron chi connectivity index (χ2n) is 7.06. The van der Waals surface area contributed by atoms with Crippen molar-refractivity contribution in [2.24, 2.45) is 0 Å². The Kier molecular flexibility index (Phi) is 5.04. The summed E-state index contributed by atoms with van der Waals surface area (Å²) < 4.78 is 0. The van der Waals surface area contributed by atoms with Crippen LogP contribution in [0.2, 0.25) is 0 Å². The third-order valence-electron chi connectivity index (χ3n) is 5.10. The topological polar surface area (TPSA) is 83.9 Å². The number of carbonyl (C=O) groups is 1. The standard InChI is InChI=1S/C20H22N6OS/c1-12-6-15-10-26(5-4-17(15)22-7-12)19-14(3)13(2)18(24-25-19)20(27)23-9-16-8-21-11-28-16/h6-8,11H,4-5,9-10H2,1-3H3,(H,23,27). The van der Waals surface area contributed by atoms with Crippen LogP contribution in [0.3, 0.4) is 0 Å². The van der Waals surface area contributed by atoms with Crippen LogP contribution >= 0.6 is 11.3 Å². The number of rotatable bonds is 4. The smallest absolute Gasteiger partial charge is 0.272 e. The van der Waals surface area contributed by atoms with Gasteiger partial charge in [-0.05, 0) is 43.0 Å². The normalized spacial score (nSPS) is 13.3. The molecule has 0 aliphatic carbocycles. The van der Waals surface area contributed by atoms with Crippen molar-refractivity contribution in [2.45, 2.75) is 40.3 Å². The Morgan fingerprint density at radius 1 is 1.21 bits per heavy atom. The van der Waals surface area contributed by atoms with E-state index in [9.17, 15) is 4.79 Å². The molecule has 0 spiro atoms. The van der Waals surface area contributed by atoms with Crippen molar-refractivity contribution >= 4 is 23.1 Å². The van der Waals surface area contributed by atoms with E-state index in [0.29, 0.717) is 12.2 Å². The second kappa shape index (κ2) is 7.63. The van der Waals surface area contributed by atoms with Gasteiger partial charge in [-0.15, -0.1) is 21.5 Å². The van der Waals surface area contributed by atoms with E-state index in [1.165, 1.54) is 16.9 Å². The summed E-state index contributed by atoms with van der Waals surface area (Å²) in [5, 5.41) is 11.6. The Hall–Kier alpha value is -2.87. The van der Waals surface area contributed by atoms with Gasteiger partial charge in [0.25, 0.3) is 5.91 Å². The van der Waals surface area contributed by atoms with E-state index in [1.807, 2.05) is 20.0 Å². The van der Waals surface area contributed by atoms with E-state index in [4.69, 9.17) is 0 Å². The van der Waals surface area contributed by atoms with Gasteiger partial charge >= 0.3 is 0 Å². The predicted octanol–water partition coefficient (Wildman–Crippen LogP) is 2.75. The molecule has 1 N–H and O–H groups in total. The maximum atomic E-state index is 12.6. The SMILES string of the molecule is Cc1cnc2c(c1)CN(c1nnc(C(=O)NCc3cncs3)c(C)c1C)CC2. The maximum absolute atomic E-state index is 12.6. The number of fused-ring (bicyclic) bond motifs is 1. The van der Waals surface area contributed by atoms with Crippen molar-refractivity contribution in [2.75, 3.05) is 11.4 Å². The minimum atomic E-state index is -0.211. The first-order valence-electron chi connectivity index (χ1n) is 9.21. The average Bonchev–Trinajstić information content (AvgIpc) is 3.21. The van der Waals surface area contributed by atoms with E-state index in [2.05, 4.69) is 43.4 Å². The third-order valence-corrected chi connectivity index (χ3v) is 5.88. The number of hydrogen-bond donors (Lipinski definition) is 1. The van der Waals surface area contributed by atoms with Gasteiger partial charge in [-0.25, -0.2) is 0 Å². The minimum absolute atomic E-state index is 0.211. The molecule has 0 unspecified atom stereocenters. The van der Waals surface area contributed by atoms with E-state index >= 15 is 0 Å². The van der Waals surface area contributed by atoms with Gasteiger partial charge in [0.2, 0.25) is 0 Å². The molecule has 0 saturated heterocycles. The lowest BCUT2D eigenvalue weighted by atomic mass is 10.0. The molecular weight excluding hydrogens is 372 g/mol. The number of carbonyl (C=O) groups excluding carboxylic acids is 1. The molecule has 1 amide bonds. The lowest BCUT2D eigenvalue weighted by Gasteiger charge is -2.30. The molecule has 3 aromatic heterocycles. The summed E-state index contributed by atoms with van der Waals surface area (Å²) >= 11 is 1.51. The molecule has 8 heteroatoms. The average molecular weight is 395 g/mol. The van der Waals surface area contributed by atoms with Crippen LogP contribution in [-0.2, 0) is 19.5 Å². The Morgan fingerprint density at radius 3 is 2.86 bits per heavy atom. The highest BCUT2D eigenvalue weighted by Gasteiger charge is 2.23. The van der Waals surface area contributed by atoms with Gasteiger partial charge in [-0.2, -0.15) is 0 Å². The fourth-order valence-electron chi connectivity index (χ4n) is 3.42. The number of anilines is 1. The number of aromatic nitrogens is 4. The third kappa shape index (κ3) is 3.60. The first-order valence-corrected chi connectivity index (χ1v) is 10.1. The zero-order valence-corrected chi connectivity index (χ0v) is 17.0. The highest BCUT2D eigenvalue weighted by molar-refractivity contribution is 7.09. The van der Waals surface area contributed by atoms with Gasteiger partial charge in [-0.3, -0.25) is 14.8 Å². The molecule has 7 nitrogen and oxygen atoms in total. The molecule has 0 aromatic carbocycles. The highest BCUT2D eigenvalue weighted by atomic mass is 32.1. The lowest BCUT2D eigenvalue weighted by Crippen LogP contribution is -2.33. The molecule has 0 bridgehead atoms. The summed E-state index contributed by atoms with van der Waals surface area (Å²) in [6, 6.07) is 2.19. The van der Waals surface area contributed by atoms with Crippen molar-refractivity contribution in [1.82, 2.24) is 25.5 Å². The summed E-state index contributed by atoms with van der Waals surface area (Å²) in [5.74, 6) is 0.625. The van der Waals surface area contributed by atoms with Gasteiger partial charge in [0, 0.05) is 42.5 Å². The van der Waals surface area contributed by atoms with Gasteiger partial charge in [0.05, 0.1) is 12.1 Å². The van der Waals surface area contributed by atoms with Crippen LogP contribution in [0.4, 0.5) is 5.82 Å².